The summed E-state index contributed by atoms with van der Waals surface area (Å²) in [6.07, 6.45) is 5.38. The molecule has 1 aromatic heterocycles. The van der Waals surface area contributed by atoms with E-state index in [2.05, 4.69) is 20.2 Å². The zero-order valence-electron chi connectivity index (χ0n) is 12.9. The minimum absolute atomic E-state index is 0.0303. The summed E-state index contributed by atoms with van der Waals surface area (Å²) in [4.78, 5) is 21.4. The number of carboxylic acid groups (broad SMARTS) is 1. The van der Waals surface area contributed by atoms with E-state index in [0.29, 0.717) is 24.6 Å². The van der Waals surface area contributed by atoms with E-state index in [-0.39, 0.29) is 18.8 Å². The Morgan fingerprint density at radius 2 is 2.00 bits per heavy atom. The third-order valence-corrected chi connectivity index (χ3v) is 4.52. The summed E-state index contributed by atoms with van der Waals surface area (Å²) in [5, 5.41) is 20.4. The van der Waals surface area contributed by atoms with Crippen molar-refractivity contribution in [3.8, 4) is 5.88 Å². The van der Waals surface area contributed by atoms with Crippen LogP contribution in [-0.4, -0.2) is 58.1 Å². The van der Waals surface area contributed by atoms with Gasteiger partial charge in [0.15, 0.2) is 5.82 Å². The van der Waals surface area contributed by atoms with Crippen molar-refractivity contribution in [2.75, 3.05) is 24.6 Å². The number of aromatic nitrogens is 2. The van der Waals surface area contributed by atoms with Gasteiger partial charge in [-0.2, -0.15) is 0 Å². The molecular formula is C15H22N4O4. The molecule has 1 saturated carbocycles. The first-order valence-electron chi connectivity index (χ1n) is 7.98. The summed E-state index contributed by atoms with van der Waals surface area (Å²) in [7, 11) is 0. The molecule has 1 aliphatic heterocycles. The summed E-state index contributed by atoms with van der Waals surface area (Å²) in [6, 6.07) is -0.0436. The van der Waals surface area contributed by atoms with E-state index < -0.39 is 6.09 Å². The van der Waals surface area contributed by atoms with E-state index in [4.69, 9.17) is 9.84 Å². The van der Waals surface area contributed by atoms with Crippen molar-refractivity contribution in [3.63, 3.8) is 0 Å². The standard InChI is InChI=1S/C15H22N4O4/c20-9-10-1-5-19(6-2-10)13-14(17-4-3-16-13)23-12-7-11(8-12)18-15(21)22/h3-4,10-12,18,20H,1-2,5-9H2,(H,21,22)/t11-,12-. The van der Waals surface area contributed by atoms with Gasteiger partial charge in [0, 0.05) is 51.0 Å². The maximum Gasteiger partial charge on any atom is 0.404 e. The maximum atomic E-state index is 10.6. The van der Waals surface area contributed by atoms with E-state index in [1.165, 1.54) is 0 Å². The first-order valence-corrected chi connectivity index (χ1v) is 7.98. The Labute approximate surface area is 134 Å². The number of nitrogens with one attached hydrogen (secondary N) is 1. The summed E-state index contributed by atoms with van der Waals surface area (Å²) in [6.45, 7) is 1.89. The maximum absolute atomic E-state index is 10.6. The number of aliphatic hydroxyl groups is 1. The molecule has 0 radical (unpaired) electrons. The molecule has 126 valence electrons. The molecule has 8 nitrogen and oxygen atoms in total. The molecular weight excluding hydrogens is 300 g/mol. The highest BCUT2D eigenvalue weighted by Gasteiger charge is 2.33. The van der Waals surface area contributed by atoms with Gasteiger partial charge in [-0.15, -0.1) is 0 Å². The van der Waals surface area contributed by atoms with Crippen molar-refractivity contribution in [3.05, 3.63) is 12.4 Å². The fraction of sp³-hybridized carbons (Fsp3) is 0.667. The Morgan fingerprint density at radius 3 is 2.65 bits per heavy atom. The predicted molar refractivity (Wildman–Crippen MR) is 82.7 cm³/mol. The van der Waals surface area contributed by atoms with Crippen LogP contribution < -0.4 is 15.0 Å². The minimum atomic E-state index is -1.000. The minimum Gasteiger partial charge on any atom is -0.472 e. The molecule has 3 rings (SSSR count). The lowest BCUT2D eigenvalue weighted by Crippen LogP contribution is -2.48. The summed E-state index contributed by atoms with van der Waals surface area (Å²) in [5.74, 6) is 1.61. The molecule has 8 heteroatoms. The molecule has 0 atom stereocenters. The molecule has 1 amide bonds. The molecule has 3 N–H and O–H groups in total. The van der Waals surface area contributed by atoms with Crippen LogP contribution >= 0.6 is 0 Å². The third kappa shape index (κ3) is 3.82. The summed E-state index contributed by atoms with van der Waals surface area (Å²) >= 11 is 0. The second kappa shape index (κ2) is 6.99. The lowest BCUT2D eigenvalue weighted by Gasteiger charge is -2.36. The van der Waals surface area contributed by atoms with Crippen LogP contribution in [0.1, 0.15) is 25.7 Å². The van der Waals surface area contributed by atoms with Gasteiger partial charge in [0.2, 0.25) is 0 Å². The van der Waals surface area contributed by atoms with Crippen LogP contribution in [0.3, 0.4) is 0 Å². The molecule has 1 aliphatic carbocycles. The van der Waals surface area contributed by atoms with Crippen LogP contribution in [0, 0.1) is 5.92 Å². The number of amides is 1. The number of hydrogen-bond donors (Lipinski definition) is 3. The van der Waals surface area contributed by atoms with Crippen LogP contribution in [0.25, 0.3) is 0 Å². The Bertz CT molecular complexity index is 542. The SMILES string of the molecule is O=C(O)N[C@H]1C[C@H](Oc2nccnc2N2CCC(CO)CC2)C1. The Hall–Kier alpha value is -2.09. The molecule has 23 heavy (non-hydrogen) atoms. The van der Waals surface area contributed by atoms with E-state index in [1.807, 2.05) is 0 Å². The van der Waals surface area contributed by atoms with Crippen molar-refractivity contribution >= 4 is 11.9 Å². The molecule has 0 unspecified atom stereocenters. The molecule has 0 bridgehead atoms. The molecule has 2 heterocycles. The van der Waals surface area contributed by atoms with Crippen LogP contribution in [0.2, 0.25) is 0 Å². The van der Waals surface area contributed by atoms with Crippen LogP contribution in [-0.2, 0) is 0 Å². The fourth-order valence-electron chi connectivity index (χ4n) is 3.06. The quantitative estimate of drug-likeness (QED) is 0.738. The number of anilines is 1. The predicted octanol–water partition coefficient (Wildman–Crippen LogP) is 0.863. The zero-order valence-corrected chi connectivity index (χ0v) is 12.9. The van der Waals surface area contributed by atoms with Gasteiger partial charge < -0.3 is 25.2 Å². The monoisotopic (exact) mass is 322 g/mol. The van der Waals surface area contributed by atoms with Gasteiger partial charge in [-0.1, -0.05) is 0 Å². The molecule has 2 fully saturated rings. The van der Waals surface area contributed by atoms with Gasteiger partial charge in [0.05, 0.1) is 0 Å². The molecule has 2 aliphatic rings. The topological polar surface area (TPSA) is 108 Å². The first-order chi connectivity index (χ1) is 11.2. The van der Waals surface area contributed by atoms with E-state index >= 15 is 0 Å². The highest BCUT2D eigenvalue weighted by Crippen LogP contribution is 2.31. The number of aliphatic hydroxyl groups excluding tert-OH is 1. The first kappa shape index (κ1) is 15.8. The van der Waals surface area contributed by atoms with Gasteiger partial charge in [-0.25, -0.2) is 14.8 Å². The lowest BCUT2D eigenvalue weighted by molar-refractivity contribution is 0.0792. The average molecular weight is 322 g/mol. The molecule has 0 spiro atoms. The molecule has 0 aromatic carbocycles. The number of ether oxygens (including phenoxy) is 1. The highest BCUT2D eigenvalue weighted by molar-refractivity contribution is 5.65. The van der Waals surface area contributed by atoms with Crippen molar-refractivity contribution < 1.29 is 19.7 Å². The molecule has 1 saturated heterocycles. The lowest BCUT2D eigenvalue weighted by atomic mass is 9.89. The number of hydrogen-bond acceptors (Lipinski definition) is 6. The van der Waals surface area contributed by atoms with Gasteiger partial charge in [-0.3, -0.25) is 0 Å². The second-order valence-electron chi connectivity index (χ2n) is 6.16. The Kier molecular flexibility index (Phi) is 4.80. The van der Waals surface area contributed by atoms with Crippen molar-refractivity contribution in [1.29, 1.82) is 0 Å². The normalized spacial score (nSPS) is 24.8. The molecule has 1 aromatic rings. The number of piperidine rings is 1. The average Bonchev–Trinajstić information content (AvgIpc) is 2.53. The van der Waals surface area contributed by atoms with E-state index in [9.17, 15) is 9.90 Å². The van der Waals surface area contributed by atoms with Gasteiger partial charge in [0.1, 0.15) is 6.10 Å². The Balaban J connectivity index is 1.58. The second-order valence-corrected chi connectivity index (χ2v) is 6.16. The smallest absolute Gasteiger partial charge is 0.404 e. The van der Waals surface area contributed by atoms with Gasteiger partial charge in [-0.05, 0) is 18.8 Å². The third-order valence-electron chi connectivity index (χ3n) is 4.52. The number of carbonyl (C=O) groups is 1. The summed E-state index contributed by atoms with van der Waals surface area (Å²) in [5.41, 5.74) is 0. The van der Waals surface area contributed by atoms with Crippen LogP contribution in [0.5, 0.6) is 5.88 Å². The van der Waals surface area contributed by atoms with Crippen molar-refractivity contribution in [2.24, 2.45) is 5.92 Å². The van der Waals surface area contributed by atoms with Crippen molar-refractivity contribution in [2.45, 2.75) is 37.8 Å². The largest absolute Gasteiger partial charge is 0.472 e. The van der Waals surface area contributed by atoms with Crippen LogP contribution in [0.15, 0.2) is 12.4 Å². The fourth-order valence-corrected chi connectivity index (χ4v) is 3.06. The van der Waals surface area contributed by atoms with Gasteiger partial charge >= 0.3 is 6.09 Å². The van der Waals surface area contributed by atoms with E-state index in [0.717, 1.165) is 31.7 Å². The number of rotatable bonds is 5. The van der Waals surface area contributed by atoms with Crippen LogP contribution in [0.4, 0.5) is 10.6 Å². The number of nitrogens with zero attached hydrogens (tertiary/aromatic N) is 3. The summed E-state index contributed by atoms with van der Waals surface area (Å²) < 4.78 is 5.90. The van der Waals surface area contributed by atoms with Crippen molar-refractivity contribution in [1.82, 2.24) is 15.3 Å². The highest BCUT2D eigenvalue weighted by atomic mass is 16.5. The van der Waals surface area contributed by atoms with E-state index in [1.54, 1.807) is 12.4 Å². The Morgan fingerprint density at radius 1 is 1.30 bits per heavy atom. The van der Waals surface area contributed by atoms with Gasteiger partial charge in [0.25, 0.3) is 5.88 Å². The zero-order chi connectivity index (χ0) is 16.2.